The van der Waals surface area contributed by atoms with Gasteiger partial charge in [0.2, 0.25) is 17.7 Å². The maximum Gasteiger partial charge on any atom is 0.326 e. The summed E-state index contributed by atoms with van der Waals surface area (Å²) in [6.07, 6.45) is -0.432. The fourth-order valence-electron chi connectivity index (χ4n) is 3.71. The summed E-state index contributed by atoms with van der Waals surface area (Å²) in [6, 6.07) is 0.323. The van der Waals surface area contributed by atoms with E-state index >= 15 is 0 Å². The van der Waals surface area contributed by atoms with Gasteiger partial charge in [-0.2, -0.15) is 0 Å². The van der Waals surface area contributed by atoms with Crippen LogP contribution in [0.15, 0.2) is 34.3 Å². The van der Waals surface area contributed by atoms with E-state index in [0.29, 0.717) is 5.56 Å². The summed E-state index contributed by atoms with van der Waals surface area (Å²) in [5, 5.41) is 35.5. The first kappa shape index (κ1) is 35.9. The monoisotopic (exact) mass is 608 g/mol. The van der Waals surface area contributed by atoms with Gasteiger partial charge in [0.25, 0.3) is 0 Å². The van der Waals surface area contributed by atoms with E-state index in [0.717, 1.165) is 0 Å². The maximum atomic E-state index is 13.4. The highest BCUT2D eigenvalue weighted by Crippen LogP contribution is 2.12. The third-order valence-corrected chi connectivity index (χ3v) is 5.88. The number of carboxylic acid groups (broad SMARTS) is 2. The molecular formula is C25H40N10O8. The van der Waals surface area contributed by atoms with Crippen molar-refractivity contribution in [3.8, 4) is 5.75 Å². The Balaban J connectivity index is 3.19. The summed E-state index contributed by atoms with van der Waals surface area (Å²) in [7, 11) is 0. The Labute approximate surface area is 247 Å². The average Bonchev–Trinajstić information content (AvgIpc) is 2.91. The van der Waals surface area contributed by atoms with E-state index in [1.54, 1.807) is 0 Å². The predicted molar refractivity (Wildman–Crippen MR) is 155 cm³/mol. The molecular weight excluding hydrogens is 568 g/mol. The number of carbonyl (C=O) groups is 5. The largest absolute Gasteiger partial charge is 0.508 e. The molecule has 4 unspecified atom stereocenters. The van der Waals surface area contributed by atoms with Crippen LogP contribution in [0.2, 0.25) is 0 Å². The zero-order valence-corrected chi connectivity index (χ0v) is 23.4. The smallest absolute Gasteiger partial charge is 0.326 e. The number of amides is 3. The van der Waals surface area contributed by atoms with E-state index in [-0.39, 0.29) is 62.9 Å². The van der Waals surface area contributed by atoms with Gasteiger partial charge in [-0.15, -0.1) is 0 Å². The second-order valence-corrected chi connectivity index (χ2v) is 9.49. The molecule has 0 aliphatic rings. The first-order valence-corrected chi connectivity index (χ1v) is 13.2. The number of nitrogens with two attached hydrogens (primary N) is 5. The lowest BCUT2D eigenvalue weighted by Crippen LogP contribution is -2.57. The Morgan fingerprint density at radius 2 is 1.19 bits per heavy atom. The Morgan fingerprint density at radius 3 is 1.67 bits per heavy atom. The number of phenolic OH excluding ortho intramolecular Hbond substituents is 1. The number of hydrogen-bond donors (Lipinski definition) is 11. The molecule has 0 radical (unpaired) electrons. The van der Waals surface area contributed by atoms with Gasteiger partial charge in [0.15, 0.2) is 11.9 Å². The van der Waals surface area contributed by atoms with Gasteiger partial charge in [0.1, 0.15) is 23.9 Å². The number of carboxylic acids is 2. The van der Waals surface area contributed by atoms with E-state index in [9.17, 15) is 34.2 Å². The summed E-state index contributed by atoms with van der Waals surface area (Å²) >= 11 is 0. The number of phenols is 1. The fraction of sp³-hybridized carbons (Fsp3) is 0.480. The van der Waals surface area contributed by atoms with Crippen molar-refractivity contribution in [2.75, 3.05) is 13.1 Å². The summed E-state index contributed by atoms with van der Waals surface area (Å²) in [5.41, 5.74) is 27.3. The average molecular weight is 609 g/mol. The van der Waals surface area contributed by atoms with Gasteiger partial charge >= 0.3 is 11.9 Å². The minimum absolute atomic E-state index is 0.0236. The van der Waals surface area contributed by atoms with Gasteiger partial charge in [-0.05, 0) is 43.4 Å². The molecule has 4 atom stereocenters. The molecule has 0 aromatic heterocycles. The molecule has 18 nitrogen and oxygen atoms in total. The van der Waals surface area contributed by atoms with Gasteiger partial charge < -0.3 is 59.9 Å². The van der Waals surface area contributed by atoms with Crippen molar-refractivity contribution >= 4 is 41.6 Å². The molecule has 18 heteroatoms. The Bertz CT molecular complexity index is 1170. The summed E-state index contributed by atoms with van der Waals surface area (Å²) in [5.74, 6) is -5.65. The first-order chi connectivity index (χ1) is 20.2. The van der Waals surface area contributed by atoms with Crippen LogP contribution in [0, 0.1) is 0 Å². The van der Waals surface area contributed by atoms with E-state index in [4.69, 9.17) is 33.8 Å². The van der Waals surface area contributed by atoms with Crippen LogP contribution in [0.25, 0.3) is 0 Å². The molecule has 43 heavy (non-hydrogen) atoms. The molecule has 0 aliphatic carbocycles. The van der Waals surface area contributed by atoms with Crippen LogP contribution in [-0.2, 0) is 30.4 Å². The lowest BCUT2D eigenvalue weighted by molar-refractivity contribution is -0.142. The number of nitrogens with one attached hydrogen (secondary N) is 3. The van der Waals surface area contributed by atoms with Gasteiger partial charge in [-0.1, -0.05) is 12.1 Å². The molecule has 0 saturated carbocycles. The lowest BCUT2D eigenvalue weighted by Gasteiger charge is -2.25. The van der Waals surface area contributed by atoms with E-state index in [1.807, 2.05) is 0 Å². The molecule has 1 aromatic rings. The second kappa shape index (κ2) is 18.3. The number of benzene rings is 1. The molecule has 16 N–H and O–H groups in total. The van der Waals surface area contributed by atoms with Crippen LogP contribution in [0.4, 0.5) is 0 Å². The molecule has 238 valence electrons. The van der Waals surface area contributed by atoms with Crippen LogP contribution in [0.3, 0.4) is 0 Å². The zero-order chi connectivity index (χ0) is 32.5. The number of hydrogen-bond acceptors (Lipinski definition) is 9. The molecule has 0 heterocycles. The van der Waals surface area contributed by atoms with Crippen LogP contribution in [0.1, 0.15) is 37.7 Å². The van der Waals surface area contributed by atoms with Gasteiger partial charge in [0, 0.05) is 19.5 Å². The fourth-order valence-corrected chi connectivity index (χ4v) is 3.71. The van der Waals surface area contributed by atoms with Crippen LogP contribution in [-0.4, -0.2) is 94.2 Å². The quantitative estimate of drug-likeness (QED) is 0.0411. The van der Waals surface area contributed by atoms with Crippen molar-refractivity contribution in [2.24, 2.45) is 38.7 Å². The number of aliphatic imine (C=N–C) groups is 2. The van der Waals surface area contributed by atoms with Crippen LogP contribution in [0.5, 0.6) is 5.75 Å². The standard InChI is InChI=1S/C25H40N10O8/c26-15(12-19(37)38)20(39)33-16(3-1-9-31-24(27)28)21(40)35-18(11-13-5-7-14(36)8-6-13)22(41)34-17(23(42)43)4-2-10-32-25(29)30/h5-8,15-18,36H,1-4,9-12,26H2,(H,33,39)(H,34,41)(H,35,40)(H,37,38)(H,42,43)(H4,27,28,31)(H4,29,30,32). The van der Waals surface area contributed by atoms with E-state index < -0.39 is 60.2 Å². The zero-order valence-electron chi connectivity index (χ0n) is 23.4. The molecule has 0 aliphatic heterocycles. The van der Waals surface area contributed by atoms with Crippen molar-refractivity contribution in [1.29, 1.82) is 0 Å². The van der Waals surface area contributed by atoms with Gasteiger partial charge in [-0.3, -0.25) is 29.2 Å². The number of carbonyl (C=O) groups excluding carboxylic acids is 3. The highest BCUT2D eigenvalue weighted by Gasteiger charge is 2.30. The van der Waals surface area contributed by atoms with Crippen molar-refractivity contribution < 1.29 is 39.3 Å². The SMILES string of the molecule is NC(N)=NCCCC(NC(=O)C(Cc1ccc(O)cc1)NC(=O)C(CCCN=C(N)N)NC(=O)C(N)CC(=O)O)C(=O)O. The molecule has 3 amide bonds. The lowest BCUT2D eigenvalue weighted by atomic mass is 10.0. The topological polar surface area (TPSA) is 337 Å². The van der Waals surface area contributed by atoms with Gasteiger partial charge in [-0.25, -0.2) is 4.79 Å². The third-order valence-electron chi connectivity index (χ3n) is 5.88. The number of nitrogens with zero attached hydrogens (tertiary/aromatic N) is 2. The predicted octanol–water partition coefficient (Wildman–Crippen LogP) is -3.62. The Hall–Kier alpha value is -5.13. The molecule has 0 fully saturated rings. The van der Waals surface area contributed by atoms with Crippen molar-refractivity contribution in [3.05, 3.63) is 29.8 Å². The summed E-state index contributed by atoms with van der Waals surface area (Å²) in [4.78, 5) is 69.6. The van der Waals surface area contributed by atoms with E-state index in [1.165, 1.54) is 24.3 Å². The second-order valence-electron chi connectivity index (χ2n) is 9.49. The summed E-state index contributed by atoms with van der Waals surface area (Å²) in [6.45, 7) is 0.224. The Morgan fingerprint density at radius 1 is 0.721 bits per heavy atom. The minimum atomic E-state index is -1.46. The highest BCUT2D eigenvalue weighted by molar-refractivity contribution is 5.94. The Kier molecular flexibility index (Phi) is 15.3. The highest BCUT2D eigenvalue weighted by atomic mass is 16.4. The molecule has 1 aromatic carbocycles. The number of guanidine groups is 2. The number of aliphatic carboxylic acids is 2. The van der Waals surface area contributed by atoms with Crippen LogP contribution < -0.4 is 44.6 Å². The van der Waals surface area contributed by atoms with Crippen molar-refractivity contribution in [2.45, 2.75) is 62.7 Å². The first-order valence-electron chi connectivity index (χ1n) is 13.2. The minimum Gasteiger partial charge on any atom is -0.508 e. The molecule has 0 spiro atoms. The van der Waals surface area contributed by atoms with E-state index in [2.05, 4.69) is 25.9 Å². The van der Waals surface area contributed by atoms with Crippen LogP contribution >= 0.6 is 0 Å². The van der Waals surface area contributed by atoms with Crippen molar-refractivity contribution in [1.82, 2.24) is 16.0 Å². The molecule has 0 saturated heterocycles. The maximum absolute atomic E-state index is 13.4. The third kappa shape index (κ3) is 14.9. The van der Waals surface area contributed by atoms with Crippen molar-refractivity contribution in [3.63, 3.8) is 0 Å². The molecule has 1 rings (SSSR count). The number of rotatable bonds is 19. The molecule has 0 bridgehead atoms. The number of aromatic hydroxyl groups is 1. The summed E-state index contributed by atoms with van der Waals surface area (Å²) < 4.78 is 0. The van der Waals surface area contributed by atoms with Gasteiger partial charge in [0.05, 0.1) is 12.5 Å². The normalized spacial score (nSPS) is 13.3.